The molecule has 3 rings (SSSR count). The number of halogens is 3. The van der Waals surface area contributed by atoms with Gasteiger partial charge in [0.15, 0.2) is 5.17 Å². The van der Waals surface area contributed by atoms with E-state index in [1.807, 2.05) is 0 Å². The molecule has 2 nitrogen and oxygen atoms in total. The number of thioether (sulfide) groups is 1. The summed E-state index contributed by atoms with van der Waals surface area (Å²) in [7, 11) is 0. The van der Waals surface area contributed by atoms with Crippen LogP contribution in [0.3, 0.4) is 0 Å². The monoisotopic (exact) mass is 300 g/mol. The summed E-state index contributed by atoms with van der Waals surface area (Å²) in [6.45, 7) is 0. The number of alkyl halides is 3. The maximum absolute atomic E-state index is 12.9. The summed E-state index contributed by atoms with van der Waals surface area (Å²) in [5.41, 5.74) is -0.586. The van der Waals surface area contributed by atoms with Gasteiger partial charge >= 0.3 is 6.18 Å². The molecule has 20 heavy (non-hydrogen) atoms. The van der Waals surface area contributed by atoms with Crippen molar-refractivity contribution in [3.63, 3.8) is 0 Å². The van der Waals surface area contributed by atoms with Crippen molar-refractivity contribution in [3.8, 4) is 0 Å². The summed E-state index contributed by atoms with van der Waals surface area (Å²) in [5.74, 6) is 0.878. The molecule has 0 bridgehead atoms. The predicted molar refractivity (Wildman–Crippen MR) is 76.2 cm³/mol. The largest absolute Gasteiger partial charge is 0.418 e. The number of aliphatic imine (C=N–C) groups is 1. The number of nitrogens with zero attached hydrogens (tertiary/aromatic N) is 1. The number of hydrogen-bond donors (Lipinski definition) is 1. The van der Waals surface area contributed by atoms with Gasteiger partial charge in [0.05, 0.1) is 16.8 Å². The van der Waals surface area contributed by atoms with Crippen LogP contribution >= 0.6 is 11.8 Å². The lowest BCUT2D eigenvalue weighted by Gasteiger charge is -2.16. The van der Waals surface area contributed by atoms with Crippen LogP contribution in [0.4, 0.5) is 18.9 Å². The number of rotatable bonds is 1. The van der Waals surface area contributed by atoms with E-state index >= 15 is 0 Å². The average Bonchev–Trinajstić information content (AvgIpc) is 3.00. The highest BCUT2D eigenvalue weighted by Gasteiger charge is 2.39. The number of amidine groups is 1. The molecular weight excluding hydrogens is 285 g/mol. The van der Waals surface area contributed by atoms with Gasteiger partial charge < -0.3 is 5.32 Å². The van der Waals surface area contributed by atoms with Crippen molar-refractivity contribution in [3.05, 3.63) is 29.8 Å². The smallest absolute Gasteiger partial charge is 0.334 e. The Kier molecular flexibility index (Phi) is 3.44. The molecule has 1 fully saturated rings. The van der Waals surface area contributed by atoms with Crippen molar-refractivity contribution < 1.29 is 13.2 Å². The minimum atomic E-state index is -4.35. The summed E-state index contributed by atoms with van der Waals surface area (Å²) in [4.78, 5) is 4.64. The first-order valence-corrected chi connectivity index (χ1v) is 7.63. The van der Waals surface area contributed by atoms with E-state index in [1.54, 1.807) is 6.07 Å². The molecule has 0 radical (unpaired) electrons. The number of hydrogen-bond acceptors (Lipinski definition) is 3. The van der Waals surface area contributed by atoms with Crippen molar-refractivity contribution in [2.45, 2.75) is 37.4 Å². The number of anilines is 1. The Morgan fingerprint density at radius 1 is 1.15 bits per heavy atom. The van der Waals surface area contributed by atoms with Crippen molar-refractivity contribution in [2.75, 3.05) is 11.1 Å². The summed E-state index contributed by atoms with van der Waals surface area (Å²) in [6, 6.07) is 5.54. The normalized spacial score (nSPS) is 21.2. The predicted octanol–water partition coefficient (Wildman–Crippen LogP) is 4.53. The third kappa shape index (κ3) is 2.66. The van der Waals surface area contributed by atoms with Crippen LogP contribution in [0.15, 0.2) is 29.3 Å². The highest BCUT2D eigenvalue weighted by Crippen LogP contribution is 2.42. The van der Waals surface area contributed by atoms with Crippen LogP contribution in [0.1, 0.15) is 31.2 Å². The van der Waals surface area contributed by atoms with Crippen LogP contribution in [0.5, 0.6) is 0 Å². The van der Waals surface area contributed by atoms with Gasteiger partial charge in [-0.25, -0.2) is 0 Å². The molecule has 0 aromatic heterocycles. The zero-order chi connectivity index (χ0) is 14.2. The maximum atomic E-state index is 12.9. The van der Waals surface area contributed by atoms with Crippen molar-refractivity contribution in [2.24, 2.45) is 4.99 Å². The molecule has 108 valence electrons. The maximum Gasteiger partial charge on any atom is 0.418 e. The van der Waals surface area contributed by atoms with Gasteiger partial charge in [-0.2, -0.15) is 13.2 Å². The third-order valence-corrected chi connectivity index (χ3v) is 4.97. The van der Waals surface area contributed by atoms with Crippen molar-refractivity contribution in [1.82, 2.24) is 0 Å². The van der Waals surface area contributed by atoms with Crippen LogP contribution in [0.2, 0.25) is 0 Å². The van der Waals surface area contributed by atoms with Crippen molar-refractivity contribution >= 4 is 22.6 Å². The van der Waals surface area contributed by atoms with Crippen molar-refractivity contribution in [1.29, 1.82) is 0 Å². The lowest BCUT2D eigenvalue weighted by molar-refractivity contribution is -0.136. The molecule has 0 amide bonds. The van der Waals surface area contributed by atoms with Gasteiger partial charge in [-0.15, -0.1) is 0 Å². The second-order valence-corrected chi connectivity index (χ2v) is 6.27. The molecule has 1 aliphatic heterocycles. The second kappa shape index (κ2) is 4.98. The standard InChI is InChI=1S/C14H15F3N2S/c15-14(16,17)10-5-1-2-6-11(10)18-12-19-13(9-20-12)7-3-4-8-13/h1-2,5-6H,3-4,7-9H2,(H,18,19). The van der Waals surface area contributed by atoms with E-state index < -0.39 is 11.7 Å². The molecule has 1 aliphatic carbocycles. The highest BCUT2D eigenvalue weighted by molar-refractivity contribution is 8.14. The second-order valence-electron chi connectivity index (χ2n) is 5.31. The first kappa shape index (κ1) is 13.8. The van der Waals surface area contributed by atoms with E-state index in [0.29, 0.717) is 5.17 Å². The molecule has 1 heterocycles. The Morgan fingerprint density at radius 2 is 1.85 bits per heavy atom. The summed E-state index contributed by atoms with van der Waals surface area (Å²) < 4.78 is 38.8. The zero-order valence-electron chi connectivity index (χ0n) is 10.8. The number of nitrogens with one attached hydrogen (secondary N) is 1. The number of para-hydroxylation sites is 1. The quantitative estimate of drug-likeness (QED) is 0.824. The summed E-state index contributed by atoms with van der Waals surface area (Å²) in [6.07, 6.45) is 0.0730. The van der Waals surface area contributed by atoms with Gasteiger partial charge in [-0.05, 0) is 25.0 Å². The fraction of sp³-hybridized carbons (Fsp3) is 0.500. The fourth-order valence-electron chi connectivity index (χ4n) is 2.79. The molecule has 0 saturated heterocycles. The topological polar surface area (TPSA) is 24.4 Å². The van der Waals surface area contributed by atoms with E-state index in [0.717, 1.165) is 37.5 Å². The van der Waals surface area contributed by atoms with E-state index in [9.17, 15) is 13.2 Å². The number of benzene rings is 1. The molecule has 6 heteroatoms. The van der Waals surface area contributed by atoms with Gasteiger partial charge in [0.1, 0.15) is 0 Å². The highest BCUT2D eigenvalue weighted by atomic mass is 32.2. The average molecular weight is 300 g/mol. The van der Waals surface area contributed by atoms with E-state index in [1.165, 1.54) is 23.9 Å². The van der Waals surface area contributed by atoms with Crippen LogP contribution < -0.4 is 5.32 Å². The summed E-state index contributed by atoms with van der Waals surface area (Å²) >= 11 is 1.52. The molecule has 2 aliphatic rings. The SMILES string of the molecule is FC(F)(F)c1ccccc1NC1=NC2(CCCC2)CS1. The van der Waals surface area contributed by atoms with Gasteiger partial charge in [0, 0.05) is 5.75 Å². The zero-order valence-corrected chi connectivity index (χ0v) is 11.7. The van der Waals surface area contributed by atoms with Crippen LogP contribution in [0.25, 0.3) is 0 Å². The fourth-order valence-corrected chi connectivity index (χ4v) is 3.99. The summed E-state index contributed by atoms with van der Waals surface area (Å²) in [5, 5.41) is 3.47. The molecule has 0 atom stereocenters. The molecule has 1 N–H and O–H groups in total. The molecule has 0 unspecified atom stereocenters. The van der Waals surface area contributed by atoms with Gasteiger partial charge in [-0.3, -0.25) is 4.99 Å². The van der Waals surface area contributed by atoms with E-state index in [-0.39, 0.29) is 11.2 Å². The Labute approximate surface area is 119 Å². The van der Waals surface area contributed by atoms with E-state index in [4.69, 9.17) is 0 Å². The van der Waals surface area contributed by atoms with Gasteiger partial charge in [0.25, 0.3) is 0 Å². The van der Waals surface area contributed by atoms with Crippen LogP contribution in [-0.2, 0) is 6.18 Å². The molecule has 1 spiro atoms. The molecule has 1 aromatic rings. The first-order chi connectivity index (χ1) is 9.49. The minimum absolute atomic E-state index is 0.0276. The Bertz CT molecular complexity index is 533. The Balaban J connectivity index is 1.82. The molecule has 1 saturated carbocycles. The minimum Gasteiger partial charge on any atom is -0.334 e. The Morgan fingerprint density at radius 3 is 2.55 bits per heavy atom. The van der Waals surface area contributed by atoms with Crippen LogP contribution in [-0.4, -0.2) is 16.5 Å². The third-order valence-electron chi connectivity index (χ3n) is 3.82. The van der Waals surface area contributed by atoms with Gasteiger partial charge in [-0.1, -0.05) is 36.7 Å². The lowest BCUT2D eigenvalue weighted by atomic mass is 10.0. The molecular formula is C14H15F3N2S. The Hall–Kier alpha value is -1.17. The van der Waals surface area contributed by atoms with Gasteiger partial charge in [0.2, 0.25) is 0 Å². The van der Waals surface area contributed by atoms with E-state index in [2.05, 4.69) is 10.3 Å². The first-order valence-electron chi connectivity index (χ1n) is 6.64. The lowest BCUT2D eigenvalue weighted by Crippen LogP contribution is -2.21. The van der Waals surface area contributed by atoms with Crippen LogP contribution in [0, 0.1) is 0 Å². The molecule has 1 aromatic carbocycles.